The van der Waals surface area contributed by atoms with Crippen LogP contribution in [0, 0.1) is 5.82 Å². The topological polar surface area (TPSA) is 58.8 Å². The van der Waals surface area contributed by atoms with Crippen LogP contribution < -0.4 is 4.90 Å². The lowest BCUT2D eigenvalue weighted by Gasteiger charge is -2.39. The number of rotatable bonds is 1. The fourth-order valence-corrected chi connectivity index (χ4v) is 3.60. The summed E-state index contributed by atoms with van der Waals surface area (Å²) in [6.45, 7) is 7.89. The lowest BCUT2D eigenvalue weighted by Crippen LogP contribution is -2.54. The van der Waals surface area contributed by atoms with Gasteiger partial charge in [-0.05, 0) is 49.7 Å². The molecular weight excluding hydrogens is 462 g/mol. The largest absolute Gasteiger partial charge is 0.444 e. The van der Waals surface area contributed by atoms with Gasteiger partial charge in [-0.15, -0.1) is 0 Å². The maximum Gasteiger partial charge on any atom is 0.421 e. The monoisotopic (exact) mass is 481 g/mol. The molecule has 0 aliphatic carbocycles. The number of halogens is 5. The number of ether oxygens (including phenoxy) is 1. The number of hydrogen-bond acceptors (Lipinski definition) is 5. The molecule has 0 unspecified atom stereocenters. The highest BCUT2D eigenvalue weighted by Crippen LogP contribution is 2.41. The molecule has 1 aliphatic heterocycles. The highest BCUT2D eigenvalue weighted by Gasteiger charge is 2.40. The number of benzene rings is 1. The molecule has 0 saturated carbocycles. The predicted octanol–water partition coefficient (Wildman–Crippen LogP) is 5.19. The SMILES string of the molecule is C[C@H]1CN(C(=O)OC(C)(C)C)CCN1c1nc2c(C(F)(F)F)c(F)cc(Br)c2o1. The van der Waals surface area contributed by atoms with Crippen LogP contribution in [-0.2, 0) is 10.9 Å². The summed E-state index contributed by atoms with van der Waals surface area (Å²) in [5, 5.41) is 0. The van der Waals surface area contributed by atoms with Gasteiger partial charge < -0.3 is 19.0 Å². The van der Waals surface area contributed by atoms with Crippen LogP contribution in [0.25, 0.3) is 11.1 Å². The molecule has 0 bridgehead atoms. The van der Waals surface area contributed by atoms with Crippen LogP contribution in [0.1, 0.15) is 33.3 Å². The van der Waals surface area contributed by atoms with Crippen molar-refractivity contribution in [3.63, 3.8) is 0 Å². The summed E-state index contributed by atoms with van der Waals surface area (Å²) >= 11 is 3.03. The Morgan fingerprint density at radius 2 is 1.97 bits per heavy atom. The van der Waals surface area contributed by atoms with Gasteiger partial charge in [0.05, 0.1) is 4.47 Å². The van der Waals surface area contributed by atoms with E-state index in [2.05, 4.69) is 20.9 Å². The zero-order chi connectivity index (χ0) is 21.7. The summed E-state index contributed by atoms with van der Waals surface area (Å²) in [5.41, 5.74) is -2.88. The van der Waals surface area contributed by atoms with Crippen LogP contribution in [0.5, 0.6) is 0 Å². The van der Waals surface area contributed by atoms with Crippen LogP contribution in [0.2, 0.25) is 0 Å². The van der Waals surface area contributed by atoms with Crippen molar-refractivity contribution in [3.8, 4) is 0 Å². The first-order valence-electron chi connectivity index (χ1n) is 8.88. The van der Waals surface area contributed by atoms with Crippen molar-refractivity contribution in [1.29, 1.82) is 0 Å². The van der Waals surface area contributed by atoms with Gasteiger partial charge in [-0.25, -0.2) is 9.18 Å². The van der Waals surface area contributed by atoms with E-state index in [1.165, 1.54) is 4.90 Å². The standard InChI is InChI=1S/C18H20BrF4N3O3/c1-9-8-25(16(27)29-17(2,3)4)5-6-26(9)15-24-13-12(18(21,22)23)11(20)7-10(19)14(13)28-15/h7,9H,5-6,8H2,1-4H3/t9-/m0/s1. The van der Waals surface area contributed by atoms with Gasteiger partial charge in [0.15, 0.2) is 5.58 Å². The molecule has 1 aromatic heterocycles. The smallest absolute Gasteiger partial charge is 0.421 e. The minimum absolute atomic E-state index is 0.0387. The minimum atomic E-state index is -4.92. The Kier molecular flexibility index (Phi) is 5.48. The zero-order valence-corrected chi connectivity index (χ0v) is 17.8. The fraction of sp³-hybridized carbons (Fsp3) is 0.556. The van der Waals surface area contributed by atoms with Crippen molar-refractivity contribution in [3.05, 3.63) is 21.9 Å². The number of fused-ring (bicyclic) bond motifs is 1. The number of oxazole rings is 1. The Hall–Kier alpha value is -2.04. The van der Waals surface area contributed by atoms with Crippen molar-refractivity contribution in [2.75, 3.05) is 24.5 Å². The summed E-state index contributed by atoms with van der Waals surface area (Å²) in [6, 6.07) is 0.347. The third kappa shape index (κ3) is 4.44. The van der Waals surface area contributed by atoms with Gasteiger partial charge in [-0.1, -0.05) is 0 Å². The van der Waals surface area contributed by atoms with Crippen molar-refractivity contribution >= 4 is 39.1 Å². The molecule has 29 heavy (non-hydrogen) atoms. The summed E-state index contributed by atoms with van der Waals surface area (Å²) in [4.78, 5) is 19.4. The summed E-state index contributed by atoms with van der Waals surface area (Å²) in [7, 11) is 0. The number of hydrogen-bond donors (Lipinski definition) is 0. The first-order chi connectivity index (χ1) is 13.3. The van der Waals surface area contributed by atoms with Crippen LogP contribution in [0.3, 0.4) is 0 Å². The van der Waals surface area contributed by atoms with Gasteiger partial charge in [0, 0.05) is 25.7 Å². The van der Waals surface area contributed by atoms with Crippen LogP contribution in [0.15, 0.2) is 15.0 Å². The van der Waals surface area contributed by atoms with E-state index < -0.39 is 34.8 Å². The second-order valence-corrected chi connectivity index (χ2v) is 8.71. The number of carbonyl (C=O) groups is 1. The number of nitrogens with zero attached hydrogens (tertiary/aromatic N) is 3. The Morgan fingerprint density at radius 3 is 2.52 bits per heavy atom. The van der Waals surface area contributed by atoms with E-state index in [0.717, 1.165) is 0 Å². The van der Waals surface area contributed by atoms with Gasteiger partial charge in [-0.2, -0.15) is 18.2 Å². The normalized spacial score (nSPS) is 18.4. The second kappa shape index (κ2) is 7.33. The average Bonchev–Trinajstić information content (AvgIpc) is 2.96. The van der Waals surface area contributed by atoms with Crippen molar-refractivity contribution in [1.82, 2.24) is 9.88 Å². The fourth-order valence-electron chi connectivity index (χ4n) is 3.13. The molecule has 3 rings (SSSR count). The highest BCUT2D eigenvalue weighted by atomic mass is 79.9. The minimum Gasteiger partial charge on any atom is -0.444 e. The molecule has 0 radical (unpaired) electrons. The number of aromatic nitrogens is 1. The maximum atomic E-state index is 14.0. The van der Waals surface area contributed by atoms with Gasteiger partial charge in [0.2, 0.25) is 0 Å². The number of amides is 1. The molecule has 1 fully saturated rings. The van der Waals surface area contributed by atoms with Gasteiger partial charge in [0.25, 0.3) is 6.01 Å². The molecule has 0 spiro atoms. The molecule has 1 aromatic carbocycles. The molecule has 11 heteroatoms. The zero-order valence-electron chi connectivity index (χ0n) is 16.2. The molecule has 2 aromatic rings. The summed E-state index contributed by atoms with van der Waals surface area (Å²) in [6.07, 6.45) is -5.39. The van der Waals surface area contributed by atoms with Crippen LogP contribution in [-0.4, -0.2) is 47.3 Å². The molecule has 1 saturated heterocycles. The van der Waals surface area contributed by atoms with Crippen molar-refractivity contribution in [2.45, 2.75) is 45.5 Å². The molecule has 160 valence electrons. The van der Waals surface area contributed by atoms with Crippen molar-refractivity contribution < 1.29 is 31.5 Å². The van der Waals surface area contributed by atoms with E-state index in [-0.39, 0.29) is 41.7 Å². The number of anilines is 1. The van der Waals surface area contributed by atoms with Gasteiger partial charge in [0.1, 0.15) is 22.5 Å². The molecule has 1 atom stereocenters. The van der Waals surface area contributed by atoms with E-state index in [9.17, 15) is 22.4 Å². The lowest BCUT2D eigenvalue weighted by molar-refractivity contribution is -0.138. The molecule has 0 N–H and O–H groups in total. The van der Waals surface area contributed by atoms with Gasteiger partial charge >= 0.3 is 12.3 Å². The summed E-state index contributed by atoms with van der Waals surface area (Å²) < 4.78 is 64.8. The first kappa shape index (κ1) is 21.7. The van der Waals surface area contributed by atoms with Crippen LogP contribution >= 0.6 is 15.9 Å². The van der Waals surface area contributed by atoms with E-state index in [4.69, 9.17) is 9.15 Å². The van der Waals surface area contributed by atoms with Gasteiger partial charge in [-0.3, -0.25) is 0 Å². The highest BCUT2D eigenvalue weighted by molar-refractivity contribution is 9.10. The van der Waals surface area contributed by atoms with Crippen molar-refractivity contribution in [2.24, 2.45) is 0 Å². The quantitative estimate of drug-likeness (QED) is 0.524. The molecule has 1 amide bonds. The third-order valence-electron chi connectivity index (χ3n) is 4.37. The predicted molar refractivity (Wildman–Crippen MR) is 101 cm³/mol. The Balaban J connectivity index is 1.89. The number of carbonyl (C=O) groups excluding carboxylic acids is 1. The molecule has 2 heterocycles. The second-order valence-electron chi connectivity index (χ2n) is 7.86. The average molecular weight is 482 g/mol. The maximum absolute atomic E-state index is 14.0. The summed E-state index contributed by atoms with van der Waals surface area (Å²) in [5.74, 6) is -1.43. The van der Waals surface area contributed by atoms with E-state index >= 15 is 0 Å². The Morgan fingerprint density at radius 1 is 1.31 bits per heavy atom. The van der Waals surface area contributed by atoms with E-state index in [1.807, 2.05) is 0 Å². The first-order valence-corrected chi connectivity index (χ1v) is 9.67. The Labute approximate surface area is 172 Å². The number of alkyl halides is 3. The lowest BCUT2D eigenvalue weighted by atomic mass is 10.1. The van der Waals surface area contributed by atoms with Crippen LogP contribution in [0.4, 0.5) is 28.4 Å². The number of piperazine rings is 1. The van der Waals surface area contributed by atoms with E-state index in [1.54, 1.807) is 32.6 Å². The molecular formula is C18H20BrF4N3O3. The Bertz CT molecular complexity index is 939. The molecule has 1 aliphatic rings. The third-order valence-corrected chi connectivity index (χ3v) is 4.96. The molecule has 6 nitrogen and oxygen atoms in total. The van der Waals surface area contributed by atoms with E-state index in [0.29, 0.717) is 6.07 Å².